The van der Waals surface area contributed by atoms with Crippen molar-refractivity contribution in [1.29, 1.82) is 0 Å². The Balaban J connectivity index is 0.00000180. The maximum Gasteiger partial charge on any atom is 0.243 e. The number of aryl methyl sites for hydroxylation is 1. The molecule has 2 aromatic rings. The highest BCUT2D eigenvalue weighted by Gasteiger charge is 2.07. The smallest absolute Gasteiger partial charge is 0.243 e. The van der Waals surface area contributed by atoms with Gasteiger partial charge in [-0.25, -0.2) is 9.13 Å². The van der Waals surface area contributed by atoms with E-state index >= 15 is 0 Å². The molecule has 0 unspecified atom stereocenters. The van der Waals surface area contributed by atoms with E-state index in [1.54, 1.807) is 0 Å². The van der Waals surface area contributed by atoms with Crippen LogP contribution in [0, 0.1) is 0 Å². The van der Waals surface area contributed by atoms with Crippen LogP contribution in [0.25, 0.3) is 0 Å². The number of hydrogen-bond donors (Lipinski definition) is 4. The van der Waals surface area contributed by atoms with Crippen molar-refractivity contribution < 1.29 is 32.3 Å². The van der Waals surface area contributed by atoms with Gasteiger partial charge in [0, 0.05) is 12.1 Å². The van der Waals surface area contributed by atoms with E-state index in [0.29, 0.717) is 12.2 Å². The molecule has 0 fully saturated rings. The molecule has 0 saturated heterocycles. The molecule has 0 aliphatic carbocycles. The van der Waals surface area contributed by atoms with Gasteiger partial charge < -0.3 is 33.0 Å². The first-order valence-corrected chi connectivity index (χ1v) is 5.56. The standard InChI is InChI=1S/C12H15N3O3.ClH/c1-14-4-5-15(8-14)3-2-13-9-6-11(17)12(18)7-10(9)16;/h4-8,13H,2-3H2,1H3,(H2-,16,17,18);1H. The van der Waals surface area contributed by atoms with Gasteiger partial charge >= 0.3 is 0 Å². The molecule has 1 heterocycles. The van der Waals surface area contributed by atoms with Crippen molar-refractivity contribution in [2.75, 3.05) is 11.9 Å². The van der Waals surface area contributed by atoms with E-state index in [4.69, 9.17) is 0 Å². The van der Waals surface area contributed by atoms with Crippen LogP contribution in [0.15, 0.2) is 30.9 Å². The van der Waals surface area contributed by atoms with Crippen LogP contribution in [-0.4, -0.2) is 26.4 Å². The molecule has 0 bridgehead atoms. The molecule has 0 spiro atoms. The predicted octanol–water partition coefficient (Wildman–Crippen LogP) is -2.45. The minimum Gasteiger partial charge on any atom is -1.00 e. The summed E-state index contributed by atoms with van der Waals surface area (Å²) >= 11 is 0. The van der Waals surface area contributed by atoms with E-state index in [9.17, 15) is 15.3 Å². The largest absolute Gasteiger partial charge is 1.00 e. The zero-order valence-electron chi connectivity index (χ0n) is 10.4. The second kappa shape index (κ2) is 6.19. The van der Waals surface area contributed by atoms with Gasteiger partial charge in [0.05, 0.1) is 19.3 Å². The summed E-state index contributed by atoms with van der Waals surface area (Å²) in [7, 11) is 1.94. The number of phenolic OH excluding ortho intramolecular Hbond substituents is 3. The topological polar surface area (TPSA) is 81.5 Å². The third-order valence-corrected chi connectivity index (χ3v) is 2.60. The Morgan fingerprint density at radius 3 is 2.47 bits per heavy atom. The Morgan fingerprint density at radius 2 is 1.84 bits per heavy atom. The van der Waals surface area contributed by atoms with Crippen molar-refractivity contribution in [3.05, 3.63) is 30.9 Å². The van der Waals surface area contributed by atoms with Crippen molar-refractivity contribution in [2.24, 2.45) is 7.05 Å². The van der Waals surface area contributed by atoms with E-state index in [2.05, 4.69) is 5.32 Å². The molecule has 2 rings (SSSR count). The van der Waals surface area contributed by atoms with E-state index in [1.165, 1.54) is 6.07 Å². The molecule has 0 amide bonds. The number of phenols is 3. The zero-order chi connectivity index (χ0) is 13.1. The highest BCUT2D eigenvalue weighted by atomic mass is 35.5. The monoisotopic (exact) mass is 285 g/mol. The molecule has 0 atom stereocenters. The average molecular weight is 286 g/mol. The van der Waals surface area contributed by atoms with E-state index < -0.39 is 0 Å². The summed E-state index contributed by atoms with van der Waals surface area (Å²) < 4.78 is 3.92. The number of halogens is 1. The van der Waals surface area contributed by atoms with Gasteiger partial charge in [0.25, 0.3) is 0 Å². The van der Waals surface area contributed by atoms with Gasteiger partial charge in [0.15, 0.2) is 11.5 Å². The molecule has 104 valence electrons. The van der Waals surface area contributed by atoms with Crippen LogP contribution in [0.3, 0.4) is 0 Å². The predicted molar refractivity (Wildman–Crippen MR) is 65.5 cm³/mol. The van der Waals surface area contributed by atoms with Gasteiger partial charge in [-0.15, -0.1) is 0 Å². The fourth-order valence-corrected chi connectivity index (χ4v) is 1.66. The quantitative estimate of drug-likeness (QED) is 0.285. The maximum atomic E-state index is 9.57. The van der Waals surface area contributed by atoms with E-state index in [1.807, 2.05) is 34.9 Å². The lowest BCUT2D eigenvalue weighted by atomic mass is 10.2. The molecule has 6 nitrogen and oxygen atoms in total. The molecule has 0 saturated carbocycles. The lowest BCUT2D eigenvalue weighted by Gasteiger charge is -2.08. The van der Waals surface area contributed by atoms with E-state index in [0.717, 1.165) is 12.6 Å². The summed E-state index contributed by atoms with van der Waals surface area (Å²) in [4.78, 5) is 0. The lowest BCUT2D eigenvalue weighted by molar-refractivity contribution is -0.671. The van der Waals surface area contributed by atoms with Gasteiger partial charge in [0.1, 0.15) is 24.7 Å². The van der Waals surface area contributed by atoms with Crippen LogP contribution in [0.4, 0.5) is 5.69 Å². The molecule has 19 heavy (non-hydrogen) atoms. The molecule has 0 radical (unpaired) electrons. The summed E-state index contributed by atoms with van der Waals surface area (Å²) in [5.41, 5.74) is 0.391. The molecule has 0 aliphatic rings. The van der Waals surface area contributed by atoms with Crippen molar-refractivity contribution in [2.45, 2.75) is 6.54 Å². The van der Waals surface area contributed by atoms with Crippen LogP contribution < -0.4 is 22.3 Å². The molecule has 4 N–H and O–H groups in total. The van der Waals surface area contributed by atoms with Gasteiger partial charge in [-0.2, -0.15) is 0 Å². The first-order valence-electron chi connectivity index (χ1n) is 5.56. The minimum absolute atomic E-state index is 0. The zero-order valence-corrected chi connectivity index (χ0v) is 11.2. The fraction of sp³-hybridized carbons (Fsp3) is 0.250. The molecular weight excluding hydrogens is 270 g/mol. The highest BCUT2D eigenvalue weighted by molar-refractivity contribution is 5.63. The number of benzene rings is 1. The number of hydrogen-bond acceptors (Lipinski definition) is 4. The normalized spacial score (nSPS) is 9.95. The molecule has 7 heteroatoms. The number of imidazole rings is 1. The van der Waals surface area contributed by atoms with Gasteiger partial charge in [-0.1, -0.05) is 0 Å². The van der Waals surface area contributed by atoms with Crippen molar-refractivity contribution in [1.82, 2.24) is 4.57 Å². The Kier molecular flexibility index (Phi) is 4.88. The number of nitrogens with one attached hydrogen (secondary N) is 1. The summed E-state index contributed by atoms with van der Waals surface area (Å²) in [5, 5.41) is 31.1. The summed E-state index contributed by atoms with van der Waals surface area (Å²) in [5.74, 6) is -0.693. The Bertz CT molecular complexity index is 557. The second-order valence-electron chi connectivity index (χ2n) is 4.10. The van der Waals surface area contributed by atoms with Gasteiger partial charge in [-0.05, 0) is 0 Å². The molecule has 0 aliphatic heterocycles. The third-order valence-electron chi connectivity index (χ3n) is 2.60. The molecule has 1 aromatic heterocycles. The number of nitrogens with zero attached hydrogens (tertiary/aromatic N) is 2. The first-order chi connectivity index (χ1) is 8.56. The highest BCUT2D eigenvalue weighted by Crippen LogP contribution is 2.35. The Labute approximate surface area is 117 Å². The Morgan fingerprint density at radius 1 is 1.16 bits per heavy atom. The summed E-state index contributed by atoms with van der Waals surface area (Å²) in [6, 6.07) is 2.40. The number of rotatable bonds is 4. The first kappa shape index (κ1) is 15.0. The van der Waals surface area contributed by atoms with Crippen LogP contribution >= 0.6 is 0 Å². The summed E-state index contributed by atoms with van der Waals surface area (Å²) in [6.45, 7) is 1.31. The summed E-state index contributed by atoms with van der Waals surface area (Å²) in [6.07, 6.45) is 5.81. The Hall–Kier alpha value is -2.08. The molecular formula is C12H16ClN3O3. The molecule has 1 aromatic carbocycles. The number of anilines is 1. The van der Waals surface area contributed by atoms with Crippen LogP contribution in [0.5, 0.6) is 17.2 Å². The van der Waals surface area contributed by atoms with Gasteiger partial charge in [0.2, 0.25) is 6.33 Å². The number of aromatic hydroxyl groups is 3. The van der Waals surface area contributed by atoms with Crippen LogP contribution in [-0.2, 0) is 13.6 Å². The second-order valence-corrected chi connectivity index (χ2v) is 4.10. The van der Waals surface area contributed by atoms with Crippen molar-refractivity contribution >= 4 is 5.69 Å². The maximum absolute atomic E-state index is 9.57. The minimum atomic E-state index is -0.338. The average Bonchev–Trinajstić information content (AvgIpc) is 2.71. The van der Waals surface area contributed by atoms with Crippen molar-refractivity contribution in [3.63, 3.8) is 0 Å². The van der Waals surface area contributed by atoms with Crippen LogP contribution in [0.1, 0.15) is 0 Å². The fourth-order valence-electron chi connectivity index (χ4n) is 1.66. The number of aromatic nitrogens is 2. The third kappa shape index (κ3) is 3.69. The van der Waals surface area contributed by atoms with Gasteiger partial charge in [-0.3, -0.25) is 0 Å². The van der Waals surface area contributed by atoms with E-state index in [-0.39, 0.29) is 29.7 Å². The van der Waals surface area contributed by atoms with Crippen LogP contribution in [0.2, 0.25) is 0 Å². The SMILES string of the molecule is C[n+]1ccn(CCNc2cc(O)c(O)cc2O)c1.[Cl-]. The van der Waals surface area contributed by atoms with Crippen molar-refractivity contribution in [3.8, 4) is 17.2 Å². The lowest BCUT2D eigenvalue weighted by Crippen LogP contribution is -3.00.